The van der Waals surface area contributed by atoms with Gasteiger partial charge in [-0.25, -0.2) is 15.2 Å². The van der Waals surface area contributed by atoms with Gasteiger partial charge in [-0.2, -0.15) is 0 Å². The number of aliphatic carboxylic acids is 1. The lowest BCUT2D eigenvalue weighted by molar-refractivity contribution is -0.138. The number of urea groups is 1. The van der Waals surface area contributed by atoms with Gasteiger partial charge in [0, 0.05) is 37.9 Å². The zero-order valence-electron chi connectivity index (χ0n) is 16.6. The Morgan fingerprint density at radius 3 is 2.70 bits per heavy atom. The number of rotatable bonds is 8. The highest BCUT2D eigenvalue weighted by atomic mass is 16.4. The molecule has 1 atom stereocenters. The fourth-order valence-electron chi connectivity index (χ4n) is 3.45. The van der Waals surface area contributed by atoms with Gasteiger partial charge in [0.15, 0.2) is 5.95 Å². The number of carboxylic acid groups (broad SMARTS) is 1. The van der Waals surface area contributed by atoms with Gasteiger partial charge in [-0.15, -0.1) is 0 Å². The standard InChI is InChI=1S/C20H26N6O4/c27-17(7-3-4-8-21-19-22-9-10-23-19)24-25-20(30)26-13-15-6-2-1-5-14(15)11-16(26)12-18(28)29/h1-2,5-6,9-10,16H,3-4,7-8,11-13H2,(H,24,27)(H,25,30)(H,28,29)(H2,21,22,23). The van der Waals surface area contributed by atoms with Crippen LogP contribution in [-0.2, 0) is 22.6 Å². The van der Waals surface area contributed by atoms with Crippen LogP contribution in [0.3, 0.4) is 0 Å². The zero-order chi connectivity index (χ0) is 21.3. The summed E-state index contributed by atoms with van der Waals surface area (Å²) in [6.07, 6.45) is 5.37. The van der Waals surface area contributed by atoms with Crippen molar-refractivity contribution in [2.24, 2.45) is 0 Å². The van der Waals surface area contributed by atoms with E-state index in [9.17, 15) is 19.5 Å². The molecule has 2 heterocycles. The summed E-state index contributed by atoms with van der Waals surface area (Å²) in [6, 6.07) is 6.67. The first-order valence-corrected chi connectivity index (χ1v) is 9.90. The lowest BCUT2D eigenvalue weighted by Crippen LogP contribution is -2.54. The first-order chi connectivity index (χ1) is 14.5. The molecule has 1 aliphatic heterocycles. The minimum absolute atomic E-state index is 0.154. The van der Waals surface area contributed by atoms with Gasteiger partial charge in [0.1, 0.15) is 0 Å². The van der Waals surface area contributed by atoms with Gasteiger partial charge >= 0.3 is 12.0 Å². The molecule has 10 heteroatoms. The SMILES string of the molecule is O=C(O)CC1Cc2ccccc2CN1C(=O)NNC(=O)CCCCNc1ncc[nH]1. The van der Waals surface area contributed by atoms with E-state index in [1.165, 1.54) is 4.90 Å². The number of aromatic amines is 1. The third-order valence-electron chi connectivity index (χ3n) is 4.96. The Morgan fingerprint density at radius 1 is 1.17 bits per heavy atom. The average Bonchev–Trinajstić information content (AvgIpc) is 3.24. The first kappa shape index (κ1) is 21.2. The molecular formula is C20H26N6O4. The van der Waals surface area contributed by atoms with E-state index in [0.717, 1.165) is 17.5 Å². The maximum atomic E-state index is 12.6. The van der Waals surface area contributed by atoms with E-state index in [2.05, 4.69) is 26.1 Å². The van der Waals surface area contributed by atoms with Crippen LogP contribution in [0, 0.1) is 0 Å². The number of carboxylic acids is 1. The summed E-state index contributed by atoms with van der Waals surface area (Å²) in [5.41, 5.74) is 6.85. The number of nitrogens with zero attached hydrogens (tertiary/aromatic N) is 2. The third kappa shape index (κ3) is 5.97. The van der Waals surface area contributed by atoms with E-state index >= 15 is 0 Å². The molecule has 0 aliphatic carbocycles. The van der Waals surface area contributed by atoms with Crippen molar-refractivity contribution in [3.8, 4) is 0 Å². The normalized spacial score (nSPS) is 15.2. The van der Waals surface area contributed by atoms with Crippen molar-refractivity contribution in [1.82, 2.24) is 25.7 Å². The topological polar surface area (TPSA) is 139 Å². The summed E-state index contributed by atoms with van der Waals surface area (Å²) in [7, 11) is 0. The smallest absolute Gasteiger partial charge is 0.336 e. The summed E-state index contributed by atoms with van der Waals surface area (Å²) in [4.78, 5) is 44.3. The molecule has 5 N–H and O–H groups in total. The second kappa shape index (κ2) is 10.3. The number of unbranched alkanes of at least 4 members (excludes halogenated alkanes) is 1. The molecule has 0 fully saturated rings. The molecule has 1 unspecified atom stereocenters. The highest BCUT2D eigenvalue weighted by Gasteiger charge is 2.31. The van der Waals surface area contributed by atoms with Gasteiger partial charge in [-0.05, 0) is 30.4 Å². The Kier molecular flexibility index (Phi) is 7.25. The molecule has 0 radical (unpaired) electrons. The van der Waals surface area contributed by atoms with Crippen LogP contribution in [0.1, 0.15) is 36.8 Å². The fraction of sp³-hybridized carbons (Fsp3) is 0.400. The Bertz CT molecular complexity index is 870. The van der Waals surface area contributed by atoms with Crippen molar-refractivity contribution in [1.29, 1.82) is 0 Å². The van der Waals surface area contributed by atoms with Gasteiger partial charge in [-0.3, -0.25) is 15.0 Å². The van der Waals surface area contributed by atoms with Crippen molar-refractivity contribution >= 4 is 23.9 Å². The Balaban J connectivity index is 1.43. The van der Waals surface area contributed by atoms with Crippen LogP contribution >= 0.6 is 0 Å². The second-order valence-corrected chi connectivity index (χ2v) is 7.15. The van der Waals surface area contributed by atoms with Gasteiger partial charge in [0.2, 0.25) is 5.91 Å². The molecule has 0 bridgehead atoms. The van der Waals surface area contributed by atoms with Crippen molar-refractivity contribution in [3.63, 3.8) is 0 Å². The number of carbonyl (C=O) groups is 3. The number of hydrazine groups is 1. The number of aromatic nitrogens is 2. The zero-order valence-corrected chi connectivity index (χ0v) is 16.6. The summed E-state index contributed by atoms with van der Waals surface area (Å²) in [5, 5.41) is 12.3. The molecule has 0 spiro atoms. The highest BCUT2D eigenvalue weighted by molar-refractivity contribution is 5.81. The number of carbonyl (C=O) groups excluding carboxylic acids is 2. The van der Waals surface area contributed by atoms with Crippen molar-refractivity contribution < 1.29 is 19.5 Å². The molecule has 1 aliphatic rings. The van der Waals surface area contributed by atoms with E-state index < -0.39 is 18.0 Å². The Labute approximate surface area is 174 Å². The molecule has 1 aromatic heterocycles. The van der Waals surface area contributed by atoms with Gasteiger partial charge in [0.05, 0.1) is 6.42 Å². The highest BCUT2D eigenvalue weighted by Crippen LogP contribution is 2.25. The first-order valence-electron chi connectivity index (χ1n) is 9.90. The largest absolute Gasteiger partial charge is 0.481 e. The minimum Gasteiger partial charge on any atom is -0.481 e. The van der Waals surface area contributed by atoms with Crippen LogP contribution < -0.4 is 16.2 Å². The Hall–Kier alpha value is -3.56. The molecule has 0 saturated heterocycles. The van der Waals surface area contributed by atoms with E-state index in [4.69, 9.17) is 0 Å². The van der Waals surface area contributed by atoms with Crippen LogP contribution in [-0.4, -0.2) is 50.5 Å². The predicted molar refractivity (Wildman–Crippen MR) is 109 cm³/mol. The average molecular weight is 414 g/mol. The molecule has 0 saturated carbocycles. The maximum Gasteiger partial charge on any atom is 0.336 e. The second-order valence-electron chi connectivity index (χ2n) is 7.15. The van der Waals surface area contributed by atoms with Crippen molar-refractivity contribution in [2.45, 2.75) is 44.7 Å². The Morgan fingerprint density at radius 2 is 1.97 bits per heavy atom. The number of H-pyrrole nitrogens is 1. The number of imidazole rings is 1. The molecule has 1 aromatic carbocycles. The summed E-state index contributed by atoms with van der Waals surface area (Å²) >= 11 is 0. The number of fused-ring (bicyclic) bond motifs is 1. The minimum atomic E-state index is -0.968. The quantitative estimate of drug-likeness (QED) is 0.329. The molecule has 10 nitrogen and oxygen atoms in total. The lowest BCUT2D eigenvalue weighted by atomic mass is 9.92. The predicted octanol–water partition coefficient (Wildman–Crippen LogP) is 1.63. The van der Waals surface area contributed by atoms with Crippen LogP contribution in [0.25, 0.3) is 0 Å². The number of anilines is 1. The molecule has 30 heavy (non-hydrogen) atoms. The molecule has 2 aromatic rings. The van der Waals surface area contributed by atoms with Crippen molar-refractivity contribution in [3.05, 3.63) is 47.8 Å². The maximum absolute atomic E-state index is 12.6. The summed E-state index contributed by atoms with van der Waals surface area (Å²) < 4.78 is 0. The van der Waals surface area contributed by atoms with Gasteiger partial charge in [-0.1, -0.05) is 24.3 Å². The number of hydrogen-bond donors (Lipinski definition) is 5. The summed E-state index contributed by atoms with van der Waals surface area (Å²) in [6.45, 7) is 0.978. The fourth-order valence-corrected chi connectivity index (χ4v) is 3.45. The third-order valence-corrected chi connectivity index (χ3v) is 4.96. The number of nitrogens with one attached hydrogen (secondary N) is 4. The van der Waals surface area contributed by atoms with Crippen LogP contribution in [0.5, 0.6) is 0 Å². The summed E-state index contributed by atoms with van der Waals surface area (Å²) in [5.74, 6) is -0.580. The van der Waals surface area contributed by atoms with E-state index in [0.29, 0.717) is 31.9 Å². The van der Waals surface area contributed by atoms with E-state index in [1.807, 2.05) is 24.3 Å². The van der Waals surface area contributed by atoms with Crippen LogP contribution in [0.15, 0.2) is 36.7 Å². The van der Waals surface area contributed by atoms with E-state index in [1.54, 1.807) is 12.4 Å². The lowest BCUT2D eigenvalue weighted by Gasteiger charge is -2.36. The van der Waals surface area contributed by atoms with Gasteiger partial charge < -0.3 is 20.3 Å². The number of amides is 3. The molecule has 3 rings (SSSR count). The molecule has 160 valence electrons. The molecular weight excluding hydrogens is 388 g/mol. The van der Waals surface area contributed by atoms with Gasteiger partial charge in [0.25, 0.3) is 0 Å². The molecule has 3 amide bonds. The van der Waals surface area contributed by atoms with E-state index in [-0.39, 0.29) is 18.7 Å². The monoisotopic (exact) mass is 414 g/mol. The van der Waals surface area contributed by atoms with Crippen molar-refractivity contribution in [2.75, 3.05) is 11.9 Å². The van der Waals surface area contributed by atoms with Crippen LogP contribution in [0.4, 0.5) is 10.7 Å². The number of benzene rings is 1. The van der Waals surface area contributed by atoms with Crippen LogP contribution in [0.2, 0.25) is 0 Å². The number of hydrogen-bond acceptors (Lipinski definition) is 5.